The van der Waals surface area contributed by atoms with Crippen LogP contribution in [-0.4, -0.2) is 31.5 Å². The normalized spacial score (nSPS) is 22.9. The van der Waals surface area contributed by atoms with Crippen molar-refractivity contribution in [1.82, 2.24) is 5.32 Å². The van der Waals surface area contributed by atoms with Crippen molar-refractivity contribution >= 4 is 0 Å². The smallest absolute Gasteiger partial charge is 0.117 e. The summed E-state index contributed by atoms with van der Waals surface area (Å²) in [6.45, 7) is 4.88. The maximum atomic E-state index is 8.52. The van der Waals surface area contributed by atoms with Crippen LogP contribution in [-0.2, 0) is 11.3 Å². The molecule has 2 atom stereocenters. The molecule has 4 heteroatoms. The molecule has 0 bridgehead atoms. The van der Waals surface area contributed by atoms with Gasteiger partial charge in [0.2, 0.25) is 0 Å². The van der Waals surface area contributed by atoms with Crippen molar-refractivity contribution in [2.75, 3.05) is 26.4 Å². The Bertz CT molecular complexity index is 337. The van der Waals surface area contributed by atoms with Crippen LogP contribution >= 0.6 is 0 Å². The molecule has 2 rings (SSSR count). The lowest BCUT2D eigenvalue weighted by molar-refractivity contribution is 0.0935. The standard InChI is InChI=1S/C13H21NO3/c1-10-8-12(10)13-3-2-11(17-13)9-14-4-6-16-7-5-15/h2-3,10,12,14-15H,4-9H2,1H3. The van der Waals surface area contributed by atoms with Crippen molar-refractivity contribution in [2.45, 2.75) is 25.8 Å². The summed E-state index contributed by atoms with van der Waals surface area (Å²) < 4.78 is 10.9. The van der Waals surface area contributed by atoms with Gasteiger partial charge in [-0.3, -0.25) is 0 Å². The Labute approximate surface area is 102 Å². The summed E-state index contributed by atoms with van der Waals surface area (Å²) in [5, 5.41) is 11.8. The summed E-state index contributed by atoms with van der Waals surface area (Å²) >= 11 is 0. The van der Waals surface area contributed by atoms with Crippen LogP contribution in [0.3, 0.4) is 0 Å². The predicted molar refractivity (Wildman–Crippen MR) is 64.8 cm³/mol. The van der Waals surface area contributed by atoms with E-state index in [0.29, 0.717) is 19.1 Å². The third-order valence-corrected chi connectivity index (χ3v) is 3.12. The molecule has 0 saturated heterocycles. The molecule has 17 heavy (non-hydrogen) atoms. The highest BCUT2D eigenvalue weighted by atomic mass is 16.5. The number of hydrogen-bond acceptors (Lipinski definition) is 4. The number of nitrogens with one attached hydrogen (secondary N) is 1. The zero-order chi connectivity index (χ0) is 12.1. The molecule has 0 aromatic carbocycles. The monoisotopic (exact) mass is 239 g/mol. The van der Waals surface area contributed by atoms with Gasteiger partial charge in [0.15, 0.2) is 0 Å². The van der Waals surface area contributed by atoms with Crippen molar-refractivity contribution in [1.29, 1.82) is 0 Å². The van der Waals surface area contributed by atoms with E-state index in [1.807, 2.05) is 6.07 Å². The van der Waals surface area contributed by atoms with E-state index in [9.17, 15) is 0 Å². The molecule has 96 valence electrons. The van der Waals surface area contributed by atoms with Gasteiger partial charge >= 0.3 is 0 Å². The minimum atomic E-state index is 0.0844. The third kappa shape index (κ3) is 3.84. The number of aliphatic hydroxyl groups is 1. The summed E-state index contributed by atoms with van der Waals surface area (Å²) in [6.07, 6.45) is 1.26. The lowest BCUT2D eigenvalue weighted by Gasteiger charge is -2.03. The highest BCUT2D eigenvalue weighted by Gasteiger charge is 2.36. The molecule has 1 aromatic rings. The van der Waals surface area contributed by atoms with Crippen LogP contribution in [0.5, 0.6) is 0 Å². The van der Waals surface area contributed by atoms with Gasteiger partial charge in [0.1, 0.15) is 11.5 Å². The van der Waals surface area contributed by atoms with Gasteiger partial charge in [-0.2, -0.15) is 0 Å². The molecule has 1 saturated carbocycles. The van der Waals surface area contributed by atoms with Crippen LogP contribution in [0.1, 0.15) is 30.8 Å². The van der Waals surface area contributed by atoms with Gasteiger partial charge in [-0.25, -0.2) is 0 Å². The second kappa shape index (κ2) is 6.19. The number of ether oxygens (including phenoxy) is 1. The molecule has 0 aliphatic heterocycles. The van der Waals surface area contributed by atoms with Crippen molar-refractivity contribution in [3.05, 3.63) is 23.7 Å². The fraction of sp³-hybridized carbons (Fsp3) is 0.692. The molecule has 0 radical (unpaired) electrons. The molecule has 0 amide bonds. The quantitative estimate of drug-likeness (QED) is 0.675. The minimum absolute atomic E-state index is 0.0844. The molecular weight excluding hydrogens is 218 g/mol. The molecular formula is C13H21NO3. The molecule has 1 aromatic heterocycles. The average molecular weight is 239 g/mol. The largest absolute Gasteiger partial charge is 0.464 e. The van der Waals surface area contributed by atoms with E-state index >= 15 is 0 Å². The lowest BCUT2D eigenvalue weighted by Crippen LogP contribution is -2.19. The first-order valence-corrected chi connectivity index (χ1v) is 6.29. The number of rotatable bonds is 8. The number of aliphatic hydroxyl groups excluding tert-OH is 1. The van der Waals surface area contributed by atoms with Gasteiger partial charge in [-0.1, -0.05) is 6.92 Å². The Balaban J connectivity index is 1.61. The maximum Gasteiger partial charge on any atom is 0.117 e. The van der Waals surface area contributed by atoms with Gasteiger partial charge in [-0.05, 0) is 24.5 Å². The fourth-order valence-electron chi connectivity index (χ4n) is 1.93. The highest BCUT2D eigenvalue weighted by Crippen LogP contribution is 2.47. The van der Waals surface area contributed by atoms with E-state index < -0.39 is 0 Å². The Morgan fingerprint density at radius 2 is 2.29 bits per heavy atom. The zero-order valence-corrected chi connectivity index (χ0v) is 10.3. The van der Waals surface area contributed by atoms with E-state index in [1.165, 1.54) is 6.42 Å². The number of furan rings is 1. The molecule has 4 nitrogen and oxygen atoms in total. The van der Waals surface area contributed by atoms with Gasteiger partial charge in [-0.15, -0.1) is 0 Å². The SMILES string of the molecule is CC1CC1c1ccc(CNCCOCCO)o1. The van der Waals surface area contributed by atoms with Crippen molar-refractivity contribution in [3.63, 3.8) is 0 Å². The molecule has 1 fully saturated rings. The second-order valence-electron chi connectivity index (χ2n) is 4.64. The van der Waals surface area contributed by atoms with Crippen LogP contribution < -0.4 is 5.32 Å². The van der Waals surface area contributed by atoms with Gasteiger partial charge in [0.25, 0.3) is 0 Å². The topological polar surface area (TPSA) is 54.6 Å². The van der Waals surface area contributed by atoms with Crippen molar-refractivity contribution in [3.8, 4) is 0 Å². The summed E-state index contributed by atoms with van der Waals surface area (Å²) in [4.78, 5) is 0. The summed E-state index contributed by atoms with van der Waals surface area (Å²) in [5.41, 5.74) is 0. The minimum Gasteiger partial charge on any atom is -0.464 e. The maximum absolute atomic E-state index is 8.52. The van der Waals surface area contributed by atoms with Crippen molar-refractivity contribution < 1.29 is 14.3 Å². The van der Waals surface area contributed by atoms with E-state index in [2.05, 4.69) is 18.3 Å². The van der Waals surface area contributed by atoms with E-state index in [4.69, 9.17) is 14.3 Å². The summed E-state index contributed by atoms with van der Waals surface area (Å²) in [6, 6.07) is 4.13. The Morgan fingerprint density at radius 3 is 3.00 bits per heavy atom. The Morgan fingerprint density at radius 1 is 1.47 bits per heavy atom. The van der Waals surface area contributed by atoms with E-state index in [1.54, 1.807) is 0 Å². The number of hydrogen-bond donors (Lipinski definition) is 2. The molecule has 1 heterocycles. The molecule has 2 unspecified atom stereocenters. The first-order chi connectivity index (χ1) is 8.31. The average Bonchev–Trinajstić information content (AvgIpc) is 2.89. The molecule has 2 N–H and O–H groups in total. The highest BCUT2D eigenvalue weighted by molar-refractivity contribution is 5.17. The van der Waals surface area contributed by atoms with Crippen molar-refractivity contribution in [2.24, 2.45) is 5.92 Å². The van der Waals surface area contributed by atoms with E-state index in [0.717, 1.165) is 30.5 Å². The molecule has 0 spiro atoms. The Kier molecular flexibility index (Phi) is 4.59. The van der Waals surface area contributed by atoms with E-state index in [-0.39, 0.29) is 6.61 Å². The summed E-state index contributed by atoms with van der Waals surface area (Å²) in [7, 11) is 0. The first kappa shape index (κ1) is 12.6. The third-order valence-electron chi connectivity index (χ3n) is 3.12. The molecule has 1 aliphatic carbocycles. The van der Waals surface area contributed by atoms with Crippen LogP contribution in [0, 0.1) is 5.92 Å². The predicted octanol–water partition coefficient (Wildman–Crippen LogP) is 1.50. The van der Waals surface area contributed by atoms with Gasteiger partial charge in [0.05, 0.1) is 26.4 Å². The summed E-state index contributed by atoms with van der Waals surface area (Å²) in [5.74, 6) is 3.55. The van der Waals surface area contributed by atoms with Crippen LogP contribution in [0.2, 0.25) is 0 Å². The van der Waals surface area contributed by atoms with Crippen LogP contribution in [0.4, 0.5) is 0 Å². The van der Waals surface area contributed by atoms with Crippen LogP contribution in [0.15, 0.2) is 16.5 Å². The molecule has 1 aliphatic rings. The van der Waals surface area contributed by atoms with Gasteiger partial charge < -0.3 is 19.6 Å². The second-order valence-corrected chi connectivity index (χ2v) is 4.64. The van der Waals surface area contributed by atoms with Gasteiger partial charge in [0, 0.05) is 12.5 Å². The fourth-order valence-corrected chi connectivity index (χ4v) is 1.93. The zero-order valence-electron chi connectivity index (χ0n) is 10.3. The van der Waals surface area contributed by atoms with Crippen LogP contribution in [0.25, 0.3) is 0 Å². The lowest BCUT2D eigenvalue weighted by atomic mass is 10.3. The Hall–Kier alpha value is -0.840. The first-order valence-electron chi connectivity index (χ1n) is 6.29.